The Kier molecular flexibility index (Phi) is 7.64. The number of carbonyl (C=O) groups is 1. The predicted molar refractivity (Wildman–Crippen MR) is 72.2 cm³/mol. The molecule has 0 saturated carbocycles. The Hall–Kier alpha value is -0.260. The lowest BCUT2D eigenvalue weighted by atomic mass is 10.1. The van der Waals surface area contributed by atoms with E-state index in [0.717, 1.165) is 37.4 Å². The van der Waals surface area contributed by atoms with Crippen molar-refractivity contribution < 1.29 is 9.90 Å². The van der Waals surface area contributed by atoms with Gasteiger partial charge in [0.15, 0.2) is 0 Å². The zero-order chi connectivity index (χ0) is 12.5. The molecule has 0 aromatic heterocycles. The molecule has 1 aliphatic rings. The summed E-state index contributed by atoms with van der Waals surface area (Å²) in [6.45, 7) is 3.99. The summed E-state index contributed by atoms with van der Waals surface area (Å²) in [5.41, 5.74) is 0. The van der Waals surface area contributed by atoms with E-state index < -0.39 is 0 Å². The first kappa shape index (κ1) is 14.8. The van der Waals surface area contributed by atoms with Crippen molar-refractivity contribution in [1.82, 2.24) is 10.6 Å². The van der Waals surface area contributed by atoms with Crippen LogP contribution >= 0.6 is 11.8 Å². The topological polar surface area (TPSA) is 61.4 Å². The number of aliphatic hydroxyl groups excluding tert-OH is 1. The SMILES string of the molecule is CC(CO)CCCNC(=O)CC1CSCCN1. The van der Waals surface area contributed by atoms with Crippen molar-refractivity contribution in [2.75, 3.05) is 31.2 Å². The van der Waals surface area contributed by atoms with Gasteiger partial charge in [-0.05, 0) is 18.8 Å². The normalized spacial score (nSPS) is 22.1. The maximum Gasteiger partial charge on any atom is 0.221 e. The van der Waals surface area contributed by atoms with Crippen LogP contribution in [0.3, 0.4) is 0 Å². The molecule has 0 aromatic carbocycles. The molecule has 0 radical (unpaired) electrons. The maximum atomic E-state index is 11.6. The molecule has 1 heterocycles. The third-order valence-corrected chi connectivity index (χ3v) is 4.07. The second-order valence-corrected chi connectivity index (χ2v) is 5.86. The second-order valence-electron chi connectivity index (χ2n) is 4.71. The van der Waals surface area contributed by atoms with E-state index >= 15 is 0 Å². The van der Waals surface area contributed by atoms with Crippen molar-refractivity contribution in [1.29, 1.82) is 0 Å². The molecule has 2 atom stereocenters. The molecule has 1 aliphatic heterocycles. The van der Waals surface area contributed by atoms with Crippen LogP contribution in [0.25, 0.3) is 0 Å². The molecule has 1 fully saturated rings. The first-order valence-electron chi connectivity index (χ1n) is 6.41. The van der Waals surface area contributed by atoms with Gasteiger partial charge in [-0.1, -0.05) is 6.92 Å². The number of rotatable bonds is 7. The van der Waals surface area contributed by atoms with Crippen LogP contribution in [0.5, 0.6) is 0 Å². The Morgan fingerprint density at radius 3 is 3.12 bits per heavy atom. The third kappa shape index (κ3) is 6.91. The fourth-order valence-corrected chi connectivity index (χ4v) is 2.77. The average Bonchev–Trinajstić information content (AvgIpc) is 2.35. The quantitative estimate of drug-likeness (QED) is 0.587. The van der Waals surface area contributed by atoms with E-state index in [4.69, 9.17) is 5.11 Å². The van der Waals surface area contributed by atoms with Gasteiger partial charge in [-0.2, -0.15) is 11.8 Å². The Labute approximate surface area is 108 Å². The molecule has 0 aromatic rings. The summed E-state index contributed by atoms with van der Waals surface area (Å²) in [6, 6.07) is 0.338. The van der Waals surface area contributed by atoms with Gasteiger partial charge >= 0.3 is 0 Å². The fourth-order valence-electron chi connectivity index (χ4n) is 1.82. The lowest BCUT2D eigenvalue weighted by Crippen LogP contribution is -2.41. The summed E-state index contributed by atoms with van der Waals surface area (Å²) in [7, 11) is 0. The fraction of sp³-hybridized carbons (Fsp3) is 0.917. The molecular formula is C12H24N2O2S. The highest BCUT2D eigenvalue weighted by Gasteiger charge is 2.16. The number of hydrogen-bond acceptors (Lipinski definition) is 4. The van der Waals surface area contributed by atoms with E-state index in [2.05, 4.69) is 10.6 Å². The van der Waals surface area contributed by atoms with Crippen LogP contribution in [0.15, 0.2) is 0 Å². The summed E-state index contributed by atoms with van der Waals surface area (Å²) in [5.74, 6) is 2.66. The molecular weight excluding hydrogens is 236 g/mol. The van der Waals surface area contributed by atoms with Crippen molar-refractivity contribution in [2.45, 2.75) is 32.2 Å². The summed E-state index contributed by atoms with van der Waals surface area (Å²) in [6.07, 6.45) is 2.50. The van der Waals surface area contributed by atoms with E-state index in [0.29, 0.717) is 18.4 Å². The second kappa shape index (κ2) is 8.78. The Bertz CT molecular complexity index is 221. The number of thioether (sulfide) groups is 1. The van der Waals surface area contributed by atoms with Crippen molar-refractivity contribution >= 4 is 17.7 Å². The van der Waals surface area contributed by atoms with Crippen molar-refractivity contribution in [3.8, 4) is 0 Å². The maximum absolute atomic E-state index is 11.6. The molecule has 1 rings (SSSR count). The van der Waals surface area contributed by atoms with Gasteiger partial charge in [0.1, 0.15) is 0 Å². The van der Waals surface area contributed by atoms with Gasteiger partial charge < -0.3 is 15.7 Å². The Balaban J connectivity index is 2.00. The minimum absolute atomic E-state index is 0.140. The van der Waals surface area contributed by atoms with Gasteiger partial charge in [-0.3, -0.25) is 4.79 Å². The molecule has 5 heteroatoms. The third-order valence-electron chi connectivity index (χ3n) is 2.94. The van der Waals surface area contributed by atoms with E-state index in [1.807, 2.05) is 18.7 Å². The van der Waals surface area contributed by atoms with E-state index in [1.54, 1.807) is 0 Å². The molecule has 0 bridgehead atoms. The Morgan fingerprint density at radius 1 is 1.65 bits per heavy atom. The van der Waals surface area contributed by atoms with Crippen LogP contribution in [0.4, 0.5) is 0 Å². The highest BCUT2D eigenvalue weighted by Crippen LogP contribution is 2.10. The van der Waals surface area contributed by atoms with E-state index in [1.165, 1.54) is 0 Å². The van der Waals surface area contributed by atoms with Gasteiger partial charge in [0.25, 0.3) is 0 Å². The summed E-state index contributed by atoms with van der Waals surface area (Å²) < 4.78 is 0. The van der Waals surface area contributed by atoms with Crippen LogP contribution in [-0.2, 0) is 4.79 Å². The van der Waals surface area contributed by atoms with Crippen molar-refractivity contribution in [3.63, 3.8) is 0 Å². The number of hydrogen-bond donors (Lipinski definition) is 3. The zero-order valence-corrected chi connectivity index (χ0v) is 11.4. The van der Waals surface area contributed by atoms with Gasteiger partial charge in [-0.15, -0.1) is 0 Å². The van der Waals surface area contributed by atoms with Gasteiger partial charge in [0.2, 0.25) is 5.91 Å². The minimum Gasteiger partial charge on any atom is -0.396 e. The molecule has 2 unspecified atom stereocenters. The molecule has 0 aliphatic carbocycles. The lowest BCUT2D eigenvalue weighted by Gasteiger charge is -2.22. The van der Waals surface area contributed by atoms with Crippen LogP contribution in [-0.4, -0.2) is 48.3 Å². The van der Waals surface area contributed by atoms with Gasteiger partial charge in [0, 0.05) is 43.7 Å². The van der Waals surface area contributed by atoms with Crippen LogP contribution in [0.2, 0.25) is 0 Å². The number of aliphatic hydroxyl groups is 1. The number of amides is 1. The summed E-state index contributed by atoms with van der Waals surface area (Å²) >= 11 is 1.91. The Morgan fingerprint density at radius 2 is 2.47 bits per heavy atom. The first-order valence-corrected chi connectivity index (χ1v) is 7.56. The van der Waals surface area contributed by atoms with Crippen molar-refractivity contribution in [3.05, 3.63) is 0 Å². The number of carbonyl (C=O) groups excluding carboxylic acids is 1. The van der Waals surface area contributed by atoms with Crippen LogP contribution in [0.1, 0.15) is 26.2 Å². The summed E-state index contributed by atoms with van der Waals surface area (Å²) in [4.78, 5) is 11.6. The van der Waals surface area contributed by atoms with Gasteiger partial charge in [0.05, 0.1) is 0 Å². The lowest BCUT2D eigenvalue weighted by molar-refractivity contribution is -0.121. The zero-order valence-electron chi connectivity index (χ0n) is 10.6. The smallest absolute Gasteiger partial charge is 0.221 e. The van der Waals surface area contributed by atoms with Gasteiger partial charge in [-0.25, -0.2) is 0 Å². The molecule has 1 saturated heterocycles. The molecule has 17 heavy (non-hydrogen) atoms. The van der Waals surface area contributed by atoms with E-state index in [-0.39, 0.29) is 12.5 Å². The number of nitrogens with one attached hydrogen (secondary N) is 2. The molecule has 4 nitrogen and oxygen atoms in total. The standard InChI is InChI=1S/C12H24N2O2S/c1-10(8-15)3-2-4-14-12(16)7-11-9-17-6-5-13-11/h10-11,13,15H,2-9H2,1H3,(H,14,16). The first-order chi connectivity index (χ1) is 8.22. The summed E-state index contributed by atoms with van der Waals surface area (Å²) in [5, 5.41) is 15.2. The van der Waals surface area contributed by atoms with E-state index in [9.17, 15) is 4.79 Å². The highest BCUT2D eigenvalue weighted by atomic mass is 32.2. The monoisotopic (exact) mass is 260 g/mol. The molecule has 3 N–H and O–H groups in total. The molecule has 1 amide bonds. The largest absolute Gasteiger partial charge is 0.396 e. The highest BCUT2D eigenvalue weighted by molar-refractivity contribution is 7.99. The van der Waals surface area contributed by atoms with Crippen LogP contribution in [0, 0.1) is 5.92 Å². The van der Waals surface area contributed by atoms with Crippen LogP contribution < -0.4 is 10.6 Å². The predicted octanol–water partition coefficient (Wildman–Crippen LogP) is 0.606. The average molecular weight is 260 g/mol. The minimum atomic E-state index is 0.140. The molecule has 100 valence electrons. The van der Waals surface area contributed by atoms with Crippen molar-refractivity contribution in [2.24, 2.45) is 5.92 Å². The molecule has 0 spiro atoms.